The van der Waals surface area contributed by atoms with Crippen LogP contribution in [0.2, 0.25) is 0 Å². The highest BCUT2D eigenvalue weighted by Gasteiger charge is 2.30. The minimum absolute atomic E-state index is 0.0567. The Labute approximate surface area is 133 Å². The first-order valence-corrected chi connectivity index (χ1v) is 8.55. The largest absolute Gasteiger partial charge is 0.370 e. The van der Waals surface area contributed by atoms with Gasteiger partial charge in [0.2, 0.25) is 10.0 Å². The van der Waals surface area contributed by atoms with Crippen molar-refractivity contribution >= 4 is 26.8 Å². The molecule has 1 fully saturated rings. The van der Waals surface area contributed by atoms with E-state index in [0.717, 1.165) is 0 Å². The molecule has 0 aliphatic carbocycles. The van der Waals surface area contributed by atoms with Gasteiger partial charge < -0.3 is 15.6 Å². The van der Waals surface area contributed by atoms with Gasteiger partial charge in [-0.2, -0.15) is 4.31 Å². The van der Waals surface area contributed by atoms with Gasteiger partial charge >= 0.3 is 0 Å². The van der Waals surface area contributed by atoms with Gasteiger partial charge in [0.1, 0.15) is 0 Å². The summed E-state index contributed by atoms with van der Waals surface area (Å²) in [5.41, 5.74) is 5.11. The van der Waals surface area contributed by atoms with Crippen LogP contribution < -0.4 is 11.3 Å². The molecule has 2 heterocycles. The molecule has 3 rings (SSSR count). The third-order valence-electron chi connectivity index (χ3n) is 3.97. The predicted octanol–water partition coefficient (Wildman–Crippen LogP) is -0.272. The number of hydrogen-bond donors (Lipinski definition) is 3. The molecule has 0 spiro atoms. The Morgan fingerprint density at radius 2 is 1.83 bits per heavy atom. The number of benzene rings is 1. The minimum atomic E-state index is -3.71. The maximum atomic E-state index is 12.9. The molecule has 9 heteroatoms. The van der Waals surface area contributed by atoms with E-state index in [1.807, 2.05) is 0 Å². The van der Waals surface area contributed by atoms with Crippen molar-refractivity contribution in [2.75, 3.05) is 26.2 Å². The fraction of sp³-hybridized carbons (Fsp3) is 0.286. The van der Waals surface area contributed by atoms with E-state index >= 15 is 0 Å². The number of rotatable bonds is 2. The third kappa shape index (κ3) is 2.68. The number of piperazine rings is 1. The van der Waals surface area contributed by atoms with Crippen LogP contribution in [0.25, 0.3) is 10.8 Å². The Morgan fingerprint density at radius 1 is 1.13 bits per heavy atom. The molecule has 0 unspecified atom stereocenters. The zero-order valence-electron chi connectivity index (χ0n) is 12.3. The number of fused-ring (bicyclic) bond motifs is 1. The van der Waals surface area contributed by atoms with Gasteiger partial charge in [0.25, 0.3) is 5.56 Å². The smallest absolute Gasteiger partial charge is 0.255 e. The first kappa shape index (κ1) is 15.5. The summed E-state index contributed by atoms with van der Waals surface area (Å²) in [5, 5.41) is 8.15. The molecule has 0 amide bonds. The van der Waals surface area contributed by atoms with Crippen molar-refractivity contribution in [1.82, 2.24) is 14.2 Å². The molecule has 1 aromatic heterocycles. The van der Waals surface area contributed by atoms with Gasteiger partial charge in [-0.05, 0) is 18.2 Å². The second-order valence-electron chi connectivity index (χ2n) is 5.30. The molecular formula is C14H17N5O3S. The molecule has 1 aliphatic rings. The van der Waals surface area contributed by atoms with Crippen molar-refractivity contribution in [1.29, 1.82) is 5.41 Å². The summed E-state index contributed by atoms with van der Waals surface area (Å²) in [7, 11) is -3.71. The molecule has 4 N–H and O–H groups in total. The lowest BCUT2D eigenvalue weighted by Gasteiger charge is -2.34. The molecule has 0 bridgehead atoms. The SMILES string of the molecule is N=C(N)N1CCN(S(=O)(=O)c2cccc3c(=O)[nH]ccc23)CC1. The number of hydrogen-bond acceptors (Lipinski definition) is 4. The van der Waals surface area contributed by atoms with Gasteiger partial charge in [-0.25, -0.2) is 8.42 Å². The lowest BCUT2D eigenvalue weighted by Crippen LogP contribution is -2.52. The predicted molar refractivity (Wildman–Crippen MR) is 86.8 cm³/mol. The fourth-order valence-electron chi connectivity index (χ4n) is 2.73. The Morgan fingerprint density at radius 3 is 2.48 bits per heavy atom. The second kappa shape index (κ2) is 5.67. The molecule has 2 aromatic rings. The molecule has 23 heavy (non-hydrogen) atoms. The Bertz CT molecular complexity index is 913. The lowest BCUT2D eigenvalue weighted by atomic mass is 10.2. The molecule has 0 radical (unpaired) electrons. The van der Waals surface area contributed by atoms with Crippen LogP contribution in [0.15, 0.2) is 40.2 Å². The Kier molecular flexibility index (Phi) is 3.82. The standard InChI is InChI=1S/C14H17N5O3S/c15-14(16)18-6-8-19(9-7-18)23(21,22)12-3-1-2-11-10(12)4-5-17-13(11)20/h1-5H,6-9H2,(H3,15,16)(H,17,20). The maximum absolute atomic E-state index is 12.9. The molecular weight excluding hydrogens is 318 g/mol. The van der Waals surface area contributed by atoms with E-state index in [4.69, 9.17) is 11.1 Å². The third-order valence-corrected chi connectivity index (χ3v) is 5.93. The molecule has 1 aliphatic heterocycles. The first-order chi connectivity index (χ1) is 10.9. The van der Waals surface area contributed by atoms with Gasteiger partial charge in [-0.3, -0.25) is 10.2 Å². The van der Waals surface area contributed by atoms with E-state index in [-0.39, 0.29) is 29.5 Å². The van der Waals surface area contributed by atoms with E-state index in [9.17, 15) is 13.2 Å². The Balaban J connectivity index is 2.00. The van der Waals surface area contributed by atoms with Gasteiger partial charge in [0.15, 0.2) is 5.96 Å². The normalized spacial score (nSPS) is 16.6. The molecule has 122 valence electrons. The monoisotopic (exact) mass is 335 g/mol. The molecule has 8 nitrogen and oxygen atoms in total. The quantitative estimate of drug-likeness (QED) is 0.515. The summed E-state index contributed by atoms with van der Waals surface area (Å²) in [4.78, 5) is 16.1. The van der Waals surface area contributed by atoms with E-state index in [1.165, 1.54) is 16.6 Å². The average Bonchev–Trinajstić information content (AvgIpc) is 2.55. The number of nitrogens with one attached hydrogen (secondary N) is 2. The Hall–Kier alpha value is -2.39. The topological polar surface area (TPSA) is 123 Å². The van der Waals surface area contributed by atoms with Gasteiger partial charge in [-0.15, -0.1) is 0 Å². The van der Waals surface area contributed by atoms with Crippen molar-refractivity contribution in [3.05, 3.63) is 40.8 Å². The molecule has 1 saturated heterocycles. The van der Waals surface area contributed by atoms with E-state index in [1.54, 1.807) is 23.1 Å². The maximum Gasteiger partial charge on any atom is 0.255 e. The summed E-state index contributed by atoms with van der Waals surface area (Å²) < 4.78 is 27.2. The van der Waals surface area contributed by atoms with Crippen molar-refractivity contribution in [3.8, 4) is 0 Å². The second-order valence-corrected chi connectivity index (χ2v) is 7.21. The van der Waals surface area contributed by atoms with Crippen molar-refractivity contribution in [2.45, 2.75) is 4.90 Å². The van der Waals surface area contributed by atoms with Crippen LogP contribution in [0.3, 0.4) is 0 Å². The first-order valence-electron chi connectivity index (χ1n) is 7.11. The van der Waals surface area contributed by atoms with Crippen LogP contribution in [-0.2, 0) is 10.0 Å². The average molecular weight is 335 g/mol. The van der Waals surface area contributed by atoms with Gasteiger partial charge in [-0.1, -0.05) is 6.07 Å². The van der Waals surface area contributed by atoms with Crippen molar-refractivity contribution in [2.24, 2.45) is 5.73 Å². The number of guanidine groups is 1. The zero-order valence-corrected chi connectivity index (χ0v) is 13.1. The van der Waals surface area contributed by atoms with Crippen LogP contribution in [0, 0.1) is 5.41 Å². The number of nitrogens with two attached hydrogens (primary N) is 1. The highest BCUT2D eigenvalue weighted by Crippen LogP contribution is 2.24. The summed E-state index contributed by atoms with van der Waals surface area (Å²) in [5.74, 6) is -0.0567. The van der Waals surface area contributed by atoms with Crippen LogP contribution in [0.5, 0.6) is 0 Å². The van der Waals surface area contributed by atoms with Crippen LogP contribution in [0.4, 0.5) is 0 Å². The van der Waals surface area contributed by atoms with Crippen LogP contribution in [0.1, 0.15) is 0 Å². The number of nitrogens with zero attached hydrogens (tertiary/aromatic N) is 2. The molecule has 0 saturated carbocycles. The number of aromatic nitrogens is 1. The van der Waals surface area contributed by atoms with E-state index in [2.05, 4.69) is 4.98 Å². The number of aromatic amines is 1. The molecule has 0 atom stereocenters. The summed E-state index contributed by atoms with van der Waals surface area (Å²) in [6.45, 7) is 1.25. The van der Waals surface area contributed by atoms with Crippen molar-refractivity contribution in [3.63, 3.8) is 0 Å². The van der Waals surface area contributed by atoms with E-state index < -0.39 is 10.0 Å². The van der Waals surface area contributed by atoms with Gasteiger partial charge in [0, 0.05) is 43.1 Å². The van der Waals surface area contributed by atoms with Crippen LogP contribution >= 0.6 is 0 Å². The number of pyridine rings is 1. The highest BCUT2D eigenvalue weighted by molar-refractivity contribution is 7.89. The zero-order chi connectivity index (χ0) is 16.6. The summed E-state index contributed by atoms with van der Waals surface area (Å²) in [6.07, 6.45) is 1.44. The van der Waals surface area contributed by atoms with Crippen molar-refractivity contribution < 1.29 is 8.42 Å². The highest BCUT2D eigenvalue weighted by atomic mass is 32.2. The van der Waals surface area contributed by atoms with Gasteiger partial charge in [0.05, 0.1) is 4.90 Å². The van der Waals surface area contributed by atoms with Crippen LogP contribution in [-0.4, -0.2) is 54.7 Å². The van der Waals surface area contributed by atoms with E-state index in [0.29, 0.717) is 23.9 Å². The fourth-order valence-corrected chi connectivity index (χ4v) is 4.35. The minimum Gasteiger partial charge on any atom is -0.370 e. The lowest BCUT2D eigenvalue weighted by molar-refractivity contribution is 0.263. The summed E-state index contributed by atoms with van der Waals surface area (Å²) >= 11 is 0. The molecule has 1 aromatic carbocycles. The number of sulfonamides is 1. The summed E-state index contributed by atoms with van der Waals surface area (Å²) in [6, 6.07) is 6.26. The number of H-pyrrole nitrogens is 1.